The molecule has 0 aliphatic carbocycles. The number of nitrogens with two attached hydrogens (primary N) is 1. The highest BCUT2D eigenvalue weighted by Gasteiger charge is 2.21. The summed E-state index contributed by atoms with van der Waals surface area (Å²) in [5, 5.41) is 0. The summed E-state index contributed by atoms with van der Waals surface area (Å²) in [6, 6.07) is 6.94. The van der Waals surface area contributed by atoms with Crippen molar-refractivity contribution in [1.82, 2.24) is 14.9 Å². The second-order valence-electron chi connectivity index (χ2n) is 6.09. The number of aromatic nitrogens is 2. The molecule has 0 bridgehead atoms. The molecule has 1 saturated heterocycles. The first-order valence-electron chi connectivity index (χ1n) is 8.50. The van der Waals surface area contributed by atoms with E-state index in [0.717, 1.165) is 13.0 Å². The maximum atomic E-state index is 12.8. The number of halogens is 1. The number of carbonyl (C=O) groups is 2. The van der Waals surface area contributed by atoms with E-state index >= 15 is 0 Å². The zero-order valence-corrected chi connectivity index (χ0v) is 16.5. The Morgan fingerprint density at radius 3 is 2.81 bits per heavy atom. The molecule has 0 radical (unpaired) electrons. The Morgan fingerprint density at radius 1 is 1.22 bits per heavy atom. The summed E-state index contributed by atoms with van der Waals surface area (Å²) >= 11 is 3.30. The van der Waals surface area contributed by atoms with E-state index in [1.807, 2.05) is 6.07 Å². The van der Waals surface area contributed by atoms with Crippen molar-refractivity contribution in [1.29, 1.82) is 0 Å². The third kappa shape index (κ3) is 4.36. The van der Waals surface area contributed by atoms with Crippen LogP contribution in [0.15, 0.2) is 34.9 Å². The Balaban J connectivity index is 1.80. The number of hydrogen-bond acceptors (Lipinski definition) is 7. The molecule has 8 nitrogen and oxygen atoms in total. The molecular weight excluding hydrogens is 414 g/mol. The number of ketones is 1. The van der Waals surface area contributed by atoms with Gasteiger partial charge in [0.15, 0.2) is 0 Å². The fourth-order valence-electron chi connectivity index (χ4n) is 2.95. The van der Waals surface area contributed by atoms with Crippen LogP contribution in [0.5, 0.6) is 0 Å². The van der Waals surface area contributed by atoms with Gasteiger partial charge in [-0.1, -0.05) is 6.07 Å². The third-order valence-electron chi connectivity index (χ3n) is 4.35. The lowest BCUT2D eigenvalue weighted by Crippen LogP contribution is -2.35. The van der Waals surface area contributed by atoms with Crippen LogP contribution in [0.25, 0.3) is 0 Å². The number of nitrogens with zero attached hydrogens (tertiary/aromatic N) is 4. The summed E-state index contributed by atoms with van der Waals surface area (Å²) in [6.07, 6.45) is 2.00. The van der Waals surface area contributed by atoms with E-state index in [-0.39, 0.29) is 17.7 Å². The fraction of sp³-hybridized carbons (Fsp3) is 0.333. The molecular formula is C18H20BrN5O3. The first-order chi connectivity index (χ1) is 13.0. The quantitative estimate of drug-likeness (QED) is 0.740. The molecule has 27 heavy (non-hydrogen) atoms. The molecule has 142 valence electrons. The van der Waals surface area contributed by atoms with Crippen molar-refractivity contribution in [3.05, 3.63) is 46.2 Å². The van der Waals surface area contributed by atoms with Gasteiger partial charge >= 0.3 is 6.09 Å². The van der Waals surface area contributed by atoms with E-state index in [0.29, 0.717) is 41.2 Å². The Hall–Kier alpha value is -2.68. The van der Waals surface area contributed by atoms with Crippen molar-refractivity contribution in [2.45, 2.75) is 6.42 Å². The predicted octanol–water partition coefficient (Wildman–Crippen LogP) is 2.33. The number of hydrogen-bond donors (Lipinski definition) is 1. The van der Waals surface area contributed by atoms with Crippen molar-refractivity contribution in [2.24, 2.45) is 0 Å². The highest BCUT2D eigenvalue weighted by atomic mass is 79.9. The zero-order chi connectivity index (χ0) is 19.4. The number of anilines is 2. The van der Waals surface area contributed by atoms with Gasteiger partial charge in [0.2, 0.25) is 5.78 Å². The number of carbonyl (C=O) groups excluding carboxylic acids is 2. The van der Waals surface area contributed by atoms with Gasteiger partial charge in [-0.2, -0.15) is 0 Å². The molecule has 0 spiro atoms. The minimum absolute atomic E-state index is 0.166. The lowest BCUT2D eigenvalue weighted by Gasteiger charge is -2.22. The first-order valence-corrected chi connectivity index (χ1v) is 9.29. The molecule has 1 fully saturated rings. The highest BCUT2D eigenvalue weighted by Crippen LogP contribution is 2.21. The van der Waals surface area contributed by atoms with Gasteiger partial charge in [-0.05, 0) is 40.5 Å². The van der Waals surface area contributed by atoms with Gasteiger partial charge in [0, 0.05) is 36.8 Å². The van der Waals surface area contributed by atoms with Gasteiger partial charge in [-0.3, -0.25) is 4.79 Å². The largest absolute Gasteiger partial charge is 0.453 e. The maximum absolute atomic E-state index is 12.8. The monoisotopic (exact) mass is 433 g/mol. The predicted molar refractivity (Wildman–Crippen MR) is 105 cm³/mol. The molecule has 3 heterocycles. The van der Waals surface area contributed by atoms with Gasteiger partial charge in [0.25, 0.3) is 0 Å². The molecule has 1 aliphatic rings. The van der Waals surface area contributed by atoms with Crippen LogP contribution in [0.2, 0.25) is 0 Å². The average Bonchev–Trinajstić information content (AvgIpc) is 2.95. The van der Waals surface area contributed by atoms with E-state index in [2.05, 4.69) is 30.8 Å². The van der Waals surface area contributed by atoms with Gasteiger partial charge in [-0.15, -0.1) is 0 Å². The molecule has 0 unspecified atom stereocenters. The van der Waals surface area contributed by atoms with Gasteiger partial charge in [0.05, 0.1) is 12.7 Å². The number of rotatable bonds is 3. The molecule has 3 rings (SSSR count). The molecule has 1 amide bonds. The minimum Gasteiger partial charge on any atom is -0.453 e. The second kappa shape index (κ2) is 8.34. The third-order valence-corrected chi connectivity index (χ3v) is 4.78. The Labute approximate surface area is 165 Å². The lowest BCUT2D eigenvalue weighted by molar-refractivity contribution is 0.103. The van der Waals surface area contributed by atoms with Crippen LogP contribution in [0.4, 0.5) is 16.4 Å². The van der Waals surface area contributed by atoms with Crippen LogP contribution in [0.1, 0.15) is 22.5 Å². The van der Waals surface area contributed by atoms with Gasteiger partial charge in [-0.25, -0.2) is 14.8 Å². The van der Waals surface area contributed by atoms with Gasteiger partial charge in [0.1, 0.15) is 17.3 Å². The van der Waals surface area contributed by atoms with Crippen LogP contribution >= 0.6 is 15.9 Å². The fourth-order valence-corrected chi connectivity index (χ4v) is 3.29. The first kappa shape index (κ1) is 19.1. The zero-order valence-electron chi connectivity index (χ0n) is 14.9. The topological polar surface area (TPSA) is 102 Å². The number of nitrogen functional groups attached to an aromatic ring is 1. The number of ether oxygens (including phenoxy) is 1. The van der Waals surface area contributed by atoms with E-state index in [4.69, 9.17) is 10.5 Å². The Bertz CT molecular complexity index is 861. The van der Waals surface area contributed by atoms with Crippen molar-refractivity contribution in [2.75, 3.05) is 43.9 Å². The van der Waals surface area contributed by atoms with E-state index in [1.54, 1.807) is 29.3 Å². The summed E-state index contributed by atoms with van der Waals surface area (Å²) in [7, 11) is 1.38. The van der Waals surface area contributed by atoms with Crippen LogP contribution in [0.3, 0.4) is 0 Å². The molecule has 0 saturated carbocycles. The summed E-state index contributed by atoms with van der Waals surface area (Å²) < 4.78 is 5.47. The van der Waals surface area contributed by atoms with Gasteiger partial charge < -0.3 is 20.3 Å². The molecule has 0 atom stereocenters. The van der Waals surface area contributed by atoms with Crippen molar-refractivity contribution in [3.8, 4) is 0 Å². The van der Waals surface area contributed by atoms with Crippen LogP contribution in [-0.4, -0.2) is 60.0 Å². The van der Waals surface area contributed by atoms with E-state index in [1.165, 1.54) is 7.11 Å². The summed E-state index contributed by atoms with van der Waals surface area (Å²) in [5.41, 5.74) is 6.45. The Kier molecular flexibility index (Phi) is 5.90. The van der Waals surface area contributed by atoms with Crippen LogP contribution in [0, 0.1) is 0 Å². The standard InChI is InChI=1S/C18H20BrN5O3/c1-27-18(26)24-7-3-6-23(8-9-24)15-5-2-4-14(22-15)16(25)13-10-12(19)11-21-17(13)20/h2,4-5,10-11H,3,6-9H2,1H3,(H2,20,21). The van der Waals surface area contributed by atoms with Crippen molar-refractivity contribution in [3.63, 3.8) is 0 Å². The Morgan fingerprint density at radius 2 is 2.04 bits per heavy atom. The molecule has 2 N–H and O–H groups in total. The molecule has 2 aromatic rings. The average molecular weight is 434 g/mol. The van der Waals surface area contributed by atoms with Crippen LogP contribution in [-0.2, 0) is 4.74 Å². The second-order valence-corrected chi connectivity index (χ2v) is 7.01. The maximum Gasteiger partial charge on any atom is 0.409 e. The molecule has 2 aromatic heterocycles. The molecule has 9 heteroatoms. The highest BCUT2D eigenvalue weighted by molar-refractivity contribution is 9.10. The molecule has 1 aliphatic heterocycles. The summed E-state index contributed by atoms with van der Waals surface area (Å²) in [4.78, 5) is 36.8. The lowest BCUT2D eigenvalue weighted by atomic mass is 10.1. The smallest absolute Gasteiger partial charge is 0.409 e. The van der Waals surface area contributed by atoms with Crippen molar-refractivity contribution < 1.29 is 14.3 Å². The van der Waals surface area contributed by atoms with E-state index < -0.39 is 0 Å². The summed E-state index contributed by atoms with van der Waals surface area (Å²) in [6.45, 7) is 2.51. The minimum atomic E-state index is -0.327. The normalized spacial score (nSPS) is 14.6. The van der Waals surface area contributed by atoms with Crippen LogP contribution < -0.4 is 10.6 Å². The van der Waals surface area contributed by atoms with Crippen molar-refractivity contribution >= 4 is 39.4 Å². The summed E-state index contributed by atoms with van der Waals surface area (Å²) in [5.74, 6) is 0.571. The number of pyridine rings is 2. The van der Waals surface area contributed by atoms with E-state index in [9.17, 15) is 9.59 Å². The SMILES string of the molecule is COC(=O)N1CCCN(c2cccc(C(=O)c3cc(Br)cnc3N)n2)CC1. The molecule has 0 aromatic carbocycles. The number of methoxy groups -OCH3 is 1. The number of amides is 1.